The molecular weight excluding hydrogens is 478 g/mol. The lowest BCUT2D eigenvalue weighted by Crippen LogP contribution is -2.44. The highest BCUT2D eigenvalue weighted by Crippen LogP contribution is 2.44. The minimum Gasteiger partial charge on any atom is -0.489 e. The van der Waals surface area contributed by atoms with E-state index in [0.29, 0.717) is 12.4 Å². The van der Waals surface area contributed by atoms with Crippen LogP contribution in [-0.4, -0.2) is 41.8 Å². The van der Waals surface area contributed by atoms with Crippen LogP contribution in [0.5, 0.6) is 5.75 Å². The van der Waals surface area contributed by atoms with Gasteiger partial charge in [-0.1, -0.05) is 91.0 Å². The van der Waals surface area contributed by atoms with E-state index in [9.17, 15) is 14.7 Å². The first-order valence-corrected chi connectivity index (χ1v) is 12.6. The van der Waals surface area contributed by atoms with Crippen LogP contribution in [0.1, 0.15) is 28.2 Å². The molecule has 1 N–H and O–H groups in total. The lowest BCUT2D eigenvalue weighted by Gasteiger charge is -2.25. The van der Waals surface area contributed by atoms with Gasteiger partial charge in [0.15, 0.2) is 0 Å². The molecule has 1 aliphatic carbocycles. The summed E-state index contributed by atoms with van der Waals surface area (Å²) in [6.45, 7) is 0.583. The van der Waals surface area contributed by atoms with E-state index in [1.807, 2.05) is 91.0 Å². The quantitative estimate of drug-likeness (QED) is 0.294. The van der Waals surface area contributed by atoms with Crippen molar-refractivity contribution in [1.82, 2.24) is 4.90 Å². The van der Waals surface area contributed by atoms with E-state index in [4.69, 9.17) is 9.47 Å². The van der Waals surface area contributed by atoms with Gasteiger partial charge >= 0.3 is 12.1 Å². The number of carbonyl (C=O) groups is 2. The molecule has 4 aromatic rings. The van der Waals surface area contributed by atoms with E-state index in [2.05, 4.69) is 12.1 Å². The zero-order valence-corrected chi connectivity index (χ0v) is 21.1. The normalized spacial score (nSPS) is 12.8. The minimum atomic E-state index is -1.09. The zero-order valence-electron chi connectivity index (χ0n) is 21.1. The first-order valence-electron chi connectivity index (χ1n) is 12.6. The number of nitrogens with zero attached hydrogens (tertiary/aromatic N) is 1. The van der Waals surface area contributed by atoms with Crippen molar-refractivity contribution in [3.8, 4) is 16.9 Å². The number of carbonyl (C=O) groups excluding carboxylic acids is 1. The topological polar surface area (TPSA) is 76.1 Å². The van der Waals surface area contributed by atoms with Crippen molar-refractivity contribution >= 4 is 12.1 Å². The highest BCUT2D eigenvalue weighted by molar-refractivity contribution is 5.81. The molecule has 5 rings (SSSR count). The summed E-state index contributed by atoms with van der Waals surface area (Å²) >= 11 is 0. The van der Waals surface area contributed by atoms with Crippen LogP contribution in [-0.2, 0) is 22.6 Å². The Balaban J connectivity index is 1.21. The van der Waals surface area contributed by atoms with Crippen molar-refractivity contribution in [2.75, 3.05) is 13.7 Å². The lowest BCUT2D eigenvalue weighted by atomic mass is 9.98. The second kappa shape index (κ2) is 11.2. The first kappa shape index (κ1) is 25.1. The summed E-state index contributed by atoms with van der Waals surface area (Å²) in [4.78, 5) is 26.2. The lowest BCUT2D eigenvalue weighted by molar-refractivity contribution is -0.142. The van der Waals surface area contributed by atoms with Crippen molar-refractivity contribution in [3.05, 3.63) is 125 Å². The van der Waals surface area contributed by atoms with Crippen molar-refractivity contribution in [2.24, 2.45) is 0 Å². The predicted octanol–water partition coefficient (Wildman–Crippen LogP) is 6.14. The van der Waals surface area contributed by atoms with Gasteiger partial charge in [-0.2, -0.15) is 0 Å². The van der Waals surface area contributed by atoms with Gasteiger partial charge in [0, 0.05) is 19.4 Å². The molecule has 0 unspecified atom stereocenters. The fourth-order valence-corrected chi connectivity index (χ4v) is 4.90. The van der Waals surface area contributed by atoms with E-state index in [0.717, 1.165) is 38.3 Å². The number of carboxylic acids is 1. The van der Waals surface area contributed by atoms with Gasteiger partial charge in [0.05, 0.1) is 0 Å². The third-order valence-corrected chi connectivity index (χ3v) is 6.98. The molecule has 1 amide bonds. The second-order valence-corrected chi connectivity index (χ2v) is 9.39. The Morgan fingerprint density at radius 2 is 1.37 bits per heavy atom. The van der Waals surface area contributed by atoms with Gasteiger partial charge in [0.25, 0.3) is 0 Å². The number of hydrogen-bond acceptors (Lipinski definition) is 4. The summed E-state index contributed by atoms with van der Waals surface area (Å²) in [6, 6.07) is 32.2. The second-order valence-electron chi connectivity index (χ2n) is 9.39. The summed E-state index contributed by atoms with van der Waals surface area (Å²) in [5, 5.41) is 9.88. The Morgan fingerprint density at radius 3 is 1.97 bits per heavy atom. The van der Waals surface area contributed by atoms with Crippen molar-refractivity contribution in [2.45, 2.75) is 25.0 Å². The maximum absolute atomic E-state index is 13.0. The van der Waals surface area contributed by atoms with Crippen molar-refractivity contribution < 1.29 is 24.2 Å². The molecule has 0 aliphatic heterocycles. The minimum absolute atomic E-state index is 0.0912. The molecule has 0 fully saturated rings. The van der Waals surface area contributed by atoms with Gasteiger partial charge in [0.1, 0.15) is 25.0 Å². The van der Waals surface area contributed by atoms with Crippen LogP contribution < -0.4 is 4.74 Å². The fourth-order valence-electron chi connectivity index (χ4n) is 4.90. The molecule has 4 aromatic carbocycles. The van der Waals surface area contributed by atoms with Crippen LogP contribution >= 0.6 is 0 Å². The third-order valence-electron chi connectivity index (χ3n) is 6.98. The summed E-state index contributed by atoms with van der Waals surface area (Å²) in [7, 11) is 1.47. The van der Waals surface area contributed by atoms with E-state index in [1.165, 1.54) is 7.05 Å². The Kier molecular flexibility index (Phi) is 7.40. The molecular formula is C32H29NO5. The van der Waals surface area contributed by atoms with Crippen LogP contribution in [0.25, 0.3) is 11.1 Å². The Bertz CT molecular complexity index is 1370. The number of ether oxygens (including phenoxy) is 2. The number of fused-ring (bicyclic) bond motifs is 3. The summed E-state index contributed by atoms with van der Waals surface area (Å²) in [5.41, 5.74) is 6.33. The number of carboxylic acid groups (broad SMARTS) is 1. The van der Waals surface area contributed by atoms with Gasteiger partial charge in [0.2, 0.25) is 0 Å². The molecule has 0 saturated heterocycles. The monoisotopic (exact) mass is 507 g/mol. The molecule has 6 nitrogen and oxygen atoms in total. The number of hydrogen-bond donors (Lipinski definition) is 1. The van der Waals surface area contributed by atoms with Gasteiger partial charge in [-0.25, -0.2) is 9.59 Å². The highest BCUT2D eigenvalue weighted by atomic mass is 16.6. The maximum Gasteiger partial charge on any atom is 0.410 e. The van der Waals surface area contributed by atoms with E-state index in [1.54, 1.807) is 0 Å². The SMILES string of the molecule is CN(C(=O)OCC1c2ccccc2-c2ccccc21)[C@@H](Cc1ccc(OCc2ccccc2)cc1)C(=O)O. The molecule has 6 heteroatoms. The zero-order chi connectivity index (χ0) is 26.5. The molecule has 192 valence electrons. The average molecular weight is 508 g/mol. The standard InChI is InChI=1S/C32H29NO5/c1-33(32(36)38-21-29-27-13-7-5-11-25(27)26-12-6-8-14-28(26)29)30(31(34)35)19-22-15-17-24(18-16-22)37-20-23-9-3-2-4-10-23/h2-18,29-30H,19-21H2,1H3,(H,34,35)/t30-/m0/s1. The van der Waals surface area contributed by atoms with Crippen LogP contribution in [0.15, 0.2) is 103 Å². The number of benzene rings is 4. The third kappa shape index (κ3) is 5.39. The predicted molar refractivity (Wildman–Crippen MR) is 145 cm³/mol. The molecule has 0 heterocycles. The molecule has 1 atom stereocenters. The highest BCUT2D eigenvalue weighted by Gasteiger charge is 2.32. The molecule has 38 heavy (non-hydrogen) atoms. The average Bonchev–Trinajstić information content (AvgIpc) is 3.27. The van der Waals surface area contributed by atoms with Gasteiger partial charge < -0.3 is 14.6 Å². The molecule has 0 bridgehead atoms. The van der Waals surface area contributed by atoms with Gasteiger partial charge in [-0.05, 0) is 45.5 Å². The van der Waals surface area contributed by atoms with Crippen LogP contribution in [0.3, 0.4) is 0 Å². The number of aliphatic carboxylic acids is 1. The number of likely N-dealkylation sites (N-methyl/N-ethyl adjacent to an activating group) is 1. The fraction of sp³-hybridized carbons (Fsp3) is 0.188. The van der Waals surface area contributed by atoms with Crippen LogP contribution in [0, 0.1) is 0 Å². The largest absolute Gasteiger partial charge is 0.489 e. The Morgan fingerprint density at radius 1 is 0.789 bits per heavy atom. The smallest absolute Gasteiger partial charge is 0.410 e. The molecule has 1 aliphatic rings. The molecule has 0 saturated carbocycles. The van der Waals surface area contributed by atoms with E-state index < -0.39 is 18.1 Å². The van der Waals surface area contributed by atoms with Crippen LogP contribution in [0.2, 0.25) is 0 Å². The number of rotatable bonds is 9. The summed E-state index contributed by atoms with van der Waals surface area (Å²) in [6.07, 6.45) is -0.517. The Labute approximate surface area is 222 Å². The number of amides is 1. The maximum atomic E-state index is 13.0. The molecule has 0 radical (unpaired) electrons. The van der Waals surface area contributed by atoms with Crippen molar-refractivity contribution in [3.63, 3.8) is 0 Å². The first-order chi connectivity index (χ1) is 18.5. The summed E-state index contributed by atoms with van der Waals surface area (Å²) < 4.78 is 11.5. The van der Waals surface area contributed by atoms with Gasteiger partial charge in [-0.15, -0.1) is 0 Å². The van der Waals surface area contributed by atoms with Crippen molar-refractivity contribution in [1.29, 1.82) is 0 Å². The van der Waals surface area contributed by atoms with Crippen LogP contribution in [0.4, 0.5) is 4.79 Å². The van der Waals surface area contributed by atoms with Gasteiger partial charge in [-0.3, -0.25) is 4.90 Å². The summed E-state index contributed by atoms with van der Waals surface area (Å²) in [5.74, 6) is -0.494. The molecule has 0 spiro atoms. The Hall–Kier alpha value is -4.58. The molecule has 0 aromatic heterocycles. The van der Waals surface area contributed by atoms with E-state index in [-0.39, 0.29) is 18.9 Å². The van der Waals surface area contributed by atoms with E-state index >= 15 is 0 Å².